The van der Waals surface area contributed by atoms with E-state index in [1.165, 1.54) is 0 Å². The lowest BCUT2D eigenvalue weighted by Gasteiger charge is -2.34. The lowest BCUT2D eigenvalue weighted by molar-refractivity contribution is 0.0813. The Bertz CT molecular complexity index is 899. The maximum atomic E-state index is 12.9. The molecule has 4 heteroatoms. The van der Waals surface area contributed by atoms with Gasteiger partial charge in [0.15, 0.2) is 0 Å². The van der Waals surface area contributed by atoms with Crippen LogP contribution in [0.25, 0.3) is 11.3 Å². The summed E-state index contributed by atoms with van der Waals surface area (Å²) < 4.78 is 5.75. The van der Waals surface area contributed by atoms with Crippen molar-refractivity contribution in [3.63, 3.8) is 0 Å². The molecule has 0 bridgehead atoms. The van der Waals surface area contributed by atoms with Gasteiger partial charge in [0.05, 0.1) is 5.56 Å². The van der Waals surface area contributed by atoms with Gasteiger partial charge in [0, 0.05) is 16.7 Å². The zero-order valence-corrected chi connectivity index (χ0v) is 14.2. The normalized spacial score (nSPS) is 18.2. The van der Waals surface area contributed by atoms with Crippen LogP contribution in [0.2, 0.25) is 0 Å². The van der Waals surface area contributed by atoms with Crippen LogP contribution in [0.5, 0.6) is 0 Å². The number of fused-ring (bicyclic) bond motifs is 5. The highest BCUT2D eigenvalue weighted by molar-refractivity contribution is 6.53. The van der Waals surface area contributed by atoms with Crippen molar-refractivity contribution in [2.75, 3.05) is 0 Å². The molecule has 0 radical (unpaired) electrons. The Hall–Kier alpha value is -2.20. The van der Waals surface area contributed by atoms with Crippen LogP contribution in [0.15, 0.2) is 16.5 Å². The number of benzene rings is 1. The minimum Gasteiger partial charge on any atom is -0.458 e. The monoisotopic (exact) mass is 324 g/mol. The lowest BCUT2D eigenvalue weighted by atomic mass is 9.69. The summed E-state index contributed by atoms with van der Waals surface area (Å²) in [6, 6.07) is 3.96. The molecule has 0 amide bonds. The van der Waals surface area contributed by atoms with Crippen molar-refractivity contribution in [3.05, 3.63) is 45.7 Å². The number of rotatable bonds is 1. The number of carbonyl (C=O) groups excluding carboxylic acids is 2. The second-order valence-electron chi connectivity index (χ2n) is 7.42. The molecule has 0 atom stereocenters. The van der Waals surface area contributed by atoms with Crippen molar-refractivity contribution in [1.82, 2.24) is 0 Å². The Morgan fingerprint density at radius 2 is 1.88 bits per heavy atom. The molecular formula is C20H20O4. The summed E-state index contributed by atoms with van der Waals surface area (Å²) in [5.74, 6) is -0.176. The fourth-order valence-corrected chi connectivity index (χ4v) is 4.23. The van der Waals surface area contributed by atoms with Gasteiger partial charge in [-0.15, -0.1) is 0 Å². The van der Waals surface area contributed by atoms with Crippen LogP contribution in [-0.2, 0) is 18.4 Å². The van der Waals surface area contributed by atoms with Gasteiger partial charge in [-0.3, -0.25) is 9.59 Å². The van der Waals surface area contributed by atoms with Crippen molar-refractivity contribution in [2.24, 2.45) is 0 Å². The van der Waals surface area contributed by atoms with Gasteiger partial charge < -0.3 is 9.52 Å². The number of aliphatic hydroxyl groups excluding tert-OH is 1. The third-order valence-corrected chi connectivity index (χ3v) is 5.56. The van der Waals surface area contributed by atoms with Gasteiger partial charge in [0.2, 0.25) is 11.6 Å². The summed E-state index contributed by atoms with van der Waals surface area (Å²) >= 11 is 0. The summed E-state index contributed by atoms with van der Waals surface area (Å²) in [4.78, 5) is 25.5. The molecule has 4 nitrogen and oxygen atoms in total. The molecule has 2 aliphatic rings. The number of aliphatic hydroxyl groups is 1. The van der Waals surface area contributed by atoms with Crippen molar-refractivity contribution in [2.45, 2.75) is 52.1 Å². The van der Waals surface area contributed by atoms with Gasteiger partial charge in [-0.2, -0.15) is 0 Å². The van der Waals surface area contributed by atoms with Crippen LogP contribution in [-0.4, -0.2) is 16.7 Å². The van der Waals surface area contributed by atoms with Gasteiger partial charge in [-0.25, -0.2) is 0 Å². The van der Waals surface area contributed by atoms with Crippen LogP contribution in [0.1, 0.15) is 69.9 Å². The van der Waals surface area contributed by atoms with Crippen molar-refractivity contribution < 1.29 is 19.1 Å². The molecule has 0 spiro atoms. The Labute approximate surface area is 140 Å². The van der Waals surface area contributed by atoms with E-state index in [1.807, 2.05) is 6.07 Å². The molecule has 0 unspecified atom stereocenters. The number of hydrogen-bond acceptors (Lipinski definition) is 4. The first-order valence-electron chi connectivity index (χ1n) is 8.35. The zero-order chi connectivity index (χ0) is 17.2. The van der Waals surface area contributed by atoms with Gasteiger partial charge in [-0.1, -0.05) is 26.0 Å². The smallest absolute Gasteiger partial charge is 0.237 e. The molecule has 2 aromatic rings. The molecule has 1 N–H and O–H groups in total. The first-order valence-corrected chi connectivity index (χ1v) is 8.35. The molecular weight excluding hydrogens is 304 g/mol. The van der Waals surface area contributed by atoms with Crippen LogP contribution in [0.4, 0.5) is 0 Å². The summed E-state index contributed by atoms with van der Waals surface area (Å²) in [5.41, 5.74) is 4.22. The number of ketones is 2. The van der Waals surface area contributed by atoms with E-state index in [9.17, 15) is 14.7 Å². The number of carbonyl (C=O) groups is 2. The SMILES string of the molecule is Cc1c(CO)oc2c1C(=O)C(=O)c1c-2ccc2c1CCCC2(C)C. The molecule has 0 saturated carbocycles. The number of furan rings is 1. The molecule has 1 aromatic heterocycles. The molecule has 24 heavy (non-hydrogen) atoms. The molecule has 0 aliphatic heterocycles. The third-order valence-electron chi connectivity index (χ3n) is 5.56. The van der Waals surface area contributed by atoms with E-state index in [-0.39, 0.29) is 12.0 Å². The maximum absolute atomic E-state index is 12.9. The van der Waals surface area contributed by atoms with Crippen molar-refractivity contribution in [1.29, 1.82) is 0 Å². The molecule has 2 aliphatic carbocycles. The average Bonchev–Trinajstić information content (AvgIpc) is 2.88. The summed E-state index contributed by atoms with van der Waals surface area (Å²) in [6.07, 6.45) is 2.88. The molecule has 124 valence electrons. The van der Waals surface area contributed by atoms with E-state index in [2.05, 4.69) is 19.9 Å². The van der Waals surface area contributed by atoms with Crippen LogP contribution < -0.4 is 0 Å². The van der Waals surface area contributed by atoms with Gasteiger partial charge in [-0.05, 0) is 42.7 Å². The van der Waals surface area contributed by atoms with Gasteiger partial charge in [0.1, 0.15) is 18.1 Å². The topological polar surface area (TPSA) is 67.5 Å². The minimum atomic E-state index is -0.518. The zero-order valence-electron chi connectivity index (χ0n) is 14.2. The first-order chi connectivity index (χ1) is 11.4. The molecule has 0 saturated heterocycles. The van der Waals surface area contributed by atoms with Crippen LogP contribution in [0, 0.1) is 6.92 Å². The average molecular weight is 324 g/mol. The Balaban J connectivity index is 2.06. The van der Waals surface area contributed by atoms with E-state index >= 15 is 0 Å². The summed E-state index contributed by atoms with van der Waals surface area (Å²) in [6.45, 7) is 5.79. The van der Waals surface area contributed by atoms with Gasteiger partial charge in [0.25, 0.3) is 0 Å². The van der Waals surface area contributed by atoms with Crippen LogP contribution >= 0.6 is 0 Å². The standard InChI is InChI=1S/C20H20O4/c1-10-14(9-21)24-19-12-6-7-13-11(5-4-8-20(13,2)3)16(12)18(23)17(22)15(10)19/h6-7,21H,4-5,8-9H2,1-3H3. The molecule has 0 fully saturated rings. The maximum Gasteiger partial charge on any atom is 0.237 e. The van der Waals surface area contributed by atoms with Crippen molar-refractivity contribution >= 4 is 11.6 Å². The molecule has 1 aromatic carbocycles. The van der Waals surface area contributed by atoms with Crippen molar-refractivity contribution in [3.8, 4) is 11.3 Å². The van der Waals surface area contributed by atoms with E-state index in [0.29, 0.717) is 33.8 Å². The van der Waals surface area contributed by atoms with E-state index in [4.69, 9.17) is 4.42 Å². The van der Waals surface area contributed by atoms with Crippen LogP contribution in [0.3, 0.4) is 0 Å². The largest absolute Gasteiger partial charge is 0.458 e. The van der Waals surface area contributed by atoms with Gasteiger partial charge >= 0.3 is 0 Å². The minimum absolute atomic E-state index is 0.00155. The van der Waals surface area contributed by atoms with E-state index in [0.717, 1.165) is 30.4 Å². The predicted octanol–water partition coefficient (Wildman–Crippen LogP) is 3.74. The predicted molar refractivity (Wildman–Crippen MR) is 89.4 cm³/mol. The Morgan fingerprint density at radius 3 is 2.58 bits per heavy atom. The second kappa shape index (κ2) is 4.90. The quantitative estimate of drug-likeness (QED) is 0.811. The highest BCUT2D eigenvalue weighted by Gasteiger charge is 2.40. The van der Waals surface area contributed by atoms with E-state index in [1.54, 1.807) is 6.92 Å². The first kappa shape index (κ1) is 15.3. The third kappa shape index (κ3) is 1.83. The highest BCUT2D eigenvalue weighted by Crippen LogP contribution is 2.45. The number of Topliss-reactive ketones (excluding diaryl/α,β-unsaturated/α-hetero) is 2. The fraction of sp³-hybridized carbons (Fsp3) is 0.400. The summed E-state index contributed by atoms with van der Waals surface area (Å²) in [5, 5.41) is 9.44. The molecule has 4 rings (SSSR count). The Kier molecular flexibility index (Phi) is 3.13. The Morgan fingerprint density at radius 1 is 1.17 bits per heavy atom. The lowest BCUT2D eigenvalue weighted by Crippen LogP contribution is -2.29. The number of hydrogen-bond donors (Lipinski definition) is 1. The highest BCUT2D eigenvalue weighted by atomic mass is 16.4. The summed E-state index contributed by atoms with van der Waals surface area (Å²) in [7, 11) is 0. The second-order valence-corrected chi connectivity index (χ2v) is 7.42. The van der Waals surface area contributed by atoms with E-state index < -0.39 is 11.6 Å². The fourth-order valence-electron chi connectivity index (χ4n) is 4.23. The molecule has 1 heterocycles.